The second kappa shape index (κ2) is 12.0. The third-order valence-corrected chi connectivity index (χ3v) is 8.19. The molecule has 44 heavy (non-hydrogen) atoms. The summed E-state index contributed by atoms with van der Waals surface area (Å²) in [5.74, 6) is 1.02. The topological polar surface area (TPSA) is 93.9 Å². The molecule has 226 valence electrons. The smallest absolute Gasteiger partial charge is 0.406 e. The van der Waals surface area contributed by atoms with Crippen LogP contribution >= 0.6 is 23.4 Å². The van der Waals surface area contributed by atoms with Crippen molar-refractivity contribution in [3.63, 3.8) is 0 Å². The summed E-state index contributed by atoms with van der Waals surface area (Å²) in [5.41, 5.74) is 7.53. The van der Waals surface area contributed by atoms with E-state index in [1.54, 1.807) is 19.1 Å². The third kappa shape index (κ3) is 6.44. The molecule has 2 aliphatic heterocycles. The van der Waals surface area contributed by atoms with E-state index >= 15 is 0 Å². The van der Waals surface area contributed by atoms with Crippen molar-refractivity contribution in [3.8, 4) is 22.8 Å². The second-order valence-corrected chi connectivity index (χ2v) is 11.4. The number of allylic oxidation sites excluding steroid dienone is 1. The van der Waals surface area contributed by atoms with Crippen molar-refractivity contribution < 1.29 is 27.5 Å². The average Bonchev–Trinajstić information content (AvgIpc) is 3.63. The van der Waals surface area contributed by atoms with E-state index in [1.165, 1.54) is 47.0 Å². The minimum atomic E-state index is -4.76. The van der Waals surface area contributed by atoms with Gasteiger partial charge in [0.05, 0.1) is 11.4 Å². The zero-order valence-electron chi connectivity index (χ0n) is 23.2. The van der Waals surface area contributed by atoms with Crippen LogP contribution in [0.25, 0.3) is 17.1 Å². The van der Waals surface area contributed by atoms with Crippen LogP contribution in [0, 0.1) is 0 Å². The lowest BCUT2D eigenvalue weighted by molar-refractivity contribution is -0.274. The van der Waals surface area contributed by atoms with Gasteiger partial charge < -0.3 is 4.74 Å². The fourth-order valence-corrected chi connectivity index (χ4v) is 6.03. The molecule has 1 fully saturated rings. The molecule has 2 amide bonds. The molecule has 0 bridgehead atoms. The number of halogens is 4. The second-order valence-electron chi connectivity index (χ2n) is 10.0. The number of carbonyl (C=O) groups excluding carboxylic acids is 1. The van der Waals surface area contributed by atoms with Crippen LogP contribution in [0.1, 0.15) is 37.0 Å². The number of hydrogen-bond donors (Lipinski definition) is 1. The number of hydrogen-bond acceptors (Lipinski definition) is 6. The molecule has 0 radical (unpaired) electrons. The fraction of sp³-hybridized carbons (Fsp3) is 0.200. The number of anilines is 1. The van der Waals surface area contributed by atoms with Gasteiger partial charge in [0.25, 0.3) is 0 Å². The number of rotatable bonds is 6. The summed E-state index contributed by atoms with van der Waals surface area (Å²) < 4.78 is 42.6. The average molecular weight is 641 g/mol. The molecule has 3 aromatic carbocycles. The van der Waals surface area contributed by atoms with E-state index < -0.39 is 18.5 Å². The molecule has 14 heteroatoms. The Labute approximate surface area is 259 Å². The number of alkyl halides is 3. The van der Waals surface area contributed by atoms with Crippen LogP contribution in [-0.4, -0.2) is 38.1 Å². The Balaban J connectivity index is 1.07. The SMILES string of the molecule is CC1C=C2CS/C(=N\C(=O)NOC(C)c3ccc(-c4ncn(-c5ccc(OC(F)(F)F)cc5)n4)cc3)N2c2cc(Cl)ccc21. The molecule has 0 spiro atoms. The summed E-state index contributed by atoms with van der Waals surface area (Å²) in [6.45, 7) is 3.91. The molecule has 0 aliphatic carbocycles. The number of carbonyl (C=O) groups is 1. The highest BCUT2D eigenvalue weighted by molar-refractivity contribution is 8.14. The Bertz CT molecular complexity index is 1760. The first kappa shape index (κ1) is 29.7. The normalized spacial score (nSPS) is 17.6. The maximum absolute atomic E-state index is 12.7. The molecule has 3 heterocycles. The summed E-state index contributed by atoms with van der Waals surface area (Å²) in [4.78, 5) is 28.8. The Morgan fingerprint density at radius 2 is 1.89 bits per heavy atom. The molecule has 2 atom stereocenters. The molecular formula is C30H24ClF3N6O3S. The van der Waals surface area contributed by atoms with Crippen molar-refractivity contribution in [2.75, 3.05) is 10.7 Å². The minimum Gasteiger partial charge on any atom is -0.406 e. The lowest BCUT2D eigenvalue weighted by atomic mass is 9.94. The van der Waals surface area contributed by atoms with Crippen molar-refractivity contribution in [3.05, 3.63) is 101 Å². The largest absolute Gasteiger partial charge is 0.573 e. The Morgan fingerprint density at radius 3 is 2.61 bits per heavy atom. The number of thioether (sulfide) groups is 1. The van der Waals surface area contributed by atoms with Gasteiger partial charge in [-0.15, -0.1) is 18.3 Å². The first-order chi connectivity index (χ1) is 21.0. The van der Waals surface area contributed by atoms with Gasteiger partial charge in [-0.25, -0.2) is 19.9 Å². The maximum Gasteiger partial charge on any atom is 0.573 e. The van der Waals surface area contributed by atoms with Crippen molar-refractivity contribution in [2.24, 2.45) is 4.99 Å². The van der Waals surface area contributed by atoms with E-state index in [0.29, 0.717) is 33.0 Å². The van der Waals surface area contributed by atoms with Gasteiger partial charge in [-0.3, -0.25) is 9.74 Å². The van der Waals surface area contributed by atoms with Crippen LogP contribution in [0.15, 0.2) is 89.8 Å². The van der Waals surface area contributed by atoms with Gasteiger partial charge in [0, 0.05) is 28.0 Å². The van der Waals surface area contributed by atoms with Crippen LogP contribution < -0.4 is 15.1 Å². The van der Waals surface area contributed by atoms with Crippen molar-refractivity contribution in [1.82, 2.24) is 20.2 Å². The van der Waals surface area contributed by atoms with Crippen LogP contribution in [0.4, 0.5) is 23.7 Å². The number of aromatic nitrogens is 3. The Kier molecular flexibility index (Phi) is 8.10. The molecule has 2 unspecified atom stereocenters. The molecule has 6 rings (SSSR count). The van der Waals surface area contributed by atoms with Crippen LogP contribution in [0.2, 0.25) is 5.02 Å². The predicted octanol–water partition coefficient (Wildman–Crippen LogP) is 7.80. The lowest BCUT2D eigenvalue weighted by Crippen LogP contribution is -2.29. The van der Waals surface area contributed by atoms with E-state index in [2.05, 4.69) is 38.3 Å². The van der Waals surface area contributed by atoms with Gasteiger partial charge in [0.2, 0.25) is 0 Å². The monoisotopic (exact) mass is 640 g/mol. The number of nitrogens with zero attached hydrogens (tertiary/aromatic N) is 5. The lowest BCUT2D eigenvalue weighted by Gasteiger charge is -2.29. The van der Waals surface area contributed by atoms with Crippen molar-refractivity contribution in [1.29, 1.82) is 0 Å². The number of aliphatic imine (C=N–C) groups is 1. The molecule has 1 aromatic heterocycles. The number of hydroxylamine groups is 1. The molecule has 9 nitrogen and oxygen atoms in total. The number of ether oxygens (including phenoxy) is 1. The molecule has 4 aromatic rings. The number of amidine groups is 1. The van der Waals surface area contributed by atoms with E-state index in [0.717, 1.165) is 22.5 Å². The van der Waals surface area contributed by atoms with Crippen molar-refractivity contribution >= 4 is 40.2 Å². The number of benzene rings is 3. The zero-order chi connectivity index (χ0) is 31.0. The summed E-state index contributed by atoms with van der Waals surface area (Å²) in [6.07, 6.45) is -1.62. The van der Waals surface area contributed by atoms with Gasteiger partial charge in [0.15, 0.2) is 11.0 Å². The Morgan fingerprint density at radius 1 is 1.14 bits per heavy atom. The summed E-state index contributed by atoms with van der Waals surface area (Å²) in [6, 6.07) is 17.7. The highest BCUT2D eigenvalue weighted by Gasteiger charge is 2.34. The first-order valence-corrected chi connectivity index (χ1v) is 14.8. The highest BCUT2D eigenvalue weighted by Crippen LogP contribution is 2.43. The maximum atomic E-state index is 12.7. The summed E-state index contributed by atoms with van der Waals surface area (Å²) >= 11 is 7.74. The number of urea groups is 1. The van der Waals surface area contributed by atoms with Gasteiger partial charge in [-0.05, 0) is 54.4 Å². The fourth-order valence-electron chi connectivity index (χ4n) is 4.87. The number of amides is 2. The van der Waals surface area contributed by atoms with Gasteiger partial charge in [0.1, 0.15) is 18.2 Å². The van der Waals surface area contributed by atoms with Crippen LogP contribution in [0.5, 0.6) is 5.75 Å². The number of nitrogens with one attached hydrogen (secondary N) is 1. The van der Waals surface area contributed by atoms with E-state index in [4.69, 9.17) is 16.4 Å². The van der Waals surface area contributed by atoms with E-state index in [1.807, 2.05) is 35.2 Å². The quantitative estimate of drug-likeness (QED) is 0.215. The predicted molar refractivity (Wildman–Crippen MR) is 162 cm³/mol. The molecule has 2 aliphatic rings. The standard InChI is InChI=1S/C30H24ClF3N6O3S/c1-17-13-23-15-44-29(40(23)26-14-21(31)7-12-25(17)26)36-28(41)38-43-18(2)19-3-5-20(6-4-19)27-35-16-39(37-27)22-8-10-24(11-9-22)42-30(32,33)34/h3-14,16-18H,15H2,1-2H3,(H,38,41)/b36-29-. The summed E-state index contributed by atoms with van der Waals surface area (Å²) in [7, 11) is 0. The van der Waals surface area contributed by atoms with Gasteiger partial charge in [-0.2, -0.15) is 4.99 Å². The van der Waals surface area contributed by atoms with Crippen LogP contribution in [0.3, 0.4) is 0 Å². The molecular weight excluding hydrogens is 617 g/mol. The molecule has 1 N–H and O–H groups in total. The van der Waals surface area contributed by atoms with Crippen LogP contribution in [-0.2, 0) is 4.84 Å². The zero-order valence-corrected chi connectivity index (χ0v) is 24.8. The van der Waals surface area contributed by atoms with Gasteiger partial charge >= 0.3 is 12.4 Å². The molecule has 1 saturated heterocycles. The molecule has 0 saturated carbocycles. The van der Waals surface area contributed by atoms with E-state index in [9.17, 15) is 18.0 Å². The third-order valence-electron chi connectivity index (χ3n) is 6.98. The first-order valence-electron chi connectivity index (χ1n) is 13.4. The summed E-state index contributed by atoms with van der Waals surface area (Å²) in [5, 5.41) is 5.57. The highest BCUT2D eigenvalue weighted by atomic mass is 35.5. The van der Waals surface area contributed by atoms with E-state index in [-0.39, 0.29) is 11.7 Å². The Hall–Kier alpha value is -4.33. The van der Waals surface area contributed by atoms with Gasteiger partial charge in [-0.1, -0.05) is 66.7 Å². The van der Waals surface area contributed by atoms with Crippen molar-refractivity contribution in [2.45, 2.75) is 32.2 Å². The number of fused-ring (bicyclic) bond motifs is 3. The minimum absolute atomic E-state index is 0.229.